The van der Waals surface area contributed by atoms with Crippen molar-refractivity contribution in [3.05, 3.63) is 124 Å². The molecule has 242 valence electrons. The highest BCUT2D eigenvalue weighted by Gasteiger charge is 2.35. The summed E-state index contributed by atoms with van der Waals surface area (Å²) in [6, 6.07) is 26.6. The predicted octanol–water partition coefficient (Wildman–Crippen LogP) is 7.38. The molecule has 0 saturated carbocycles. The van der Waals surface area contributed by atoms with Crippen molar-refractivity contribution in [3.63, 3.8) is 0 Å². The van der Waals surface area contributed by atoms with Gasteiger partial charge in [0.25, 0.3) is 10.0 Å². The second-order valence-electron chi connectivity index (χ2n) is 11.1. The van der Waals surface area contributed by atoms with E-state index in [1.807, 2.05) is 57.4 Å². The Morgan fingerprint density at radius 2 is 1.54 bits per heavy atom. The molecule has 7 nitrogen and oxygen atoms in total. The maximum absolute atomic E-state index is 14.5. The Labute approximate surface area is 286 Å². The third-order valence-electron chi connectivity index (χ3n) is 7.31. The quantitative estimate of drug-likeness (QED) is 0.147. The standard InChI is InChI=1S/C35H37Cl2N3O4S2/c1-24(2)38-35(42)33(20-26-8-6-5-7-9-26)39(22-27-12-13-28(36)21-32(27)37)34(41)23-40(29-14-10-25(3)11-15-29)46(43,44)31-18-16-30(45-4)17-19-31/h5-19,21,24,33H,20,22-23H2,1-4H3,(H,38,42). The van der Waals surface area contributed by atoms with Crippen LogP contribution < -0.4 is 9.62 Å². The van der Waals surface area contributed by atoms with Crippen molar-refractivity contribution in [1.82, 2.24) is 10.2 Å². The zero-order valence-corrected chi connectivity index (χ0v) is 29.3. The third kappa shape index (κ3) is 9.06. The van der Waals surface area contributed by atoms with E-state index in [-0.39, 0.29) is 29.8 Å². The average Bonchev–Trinajstić information content (AvgIpc) is 3.03. The molecule has 4 aromatic carbocycles. The average molecular weight is 699 g/mol. The van der Waals surface area contributed by atoms with Crippen LogP contribution in [-0.4, -0.2) is 50.0 Å². The first-order chi connectivity index (χ1) is 21.9. The number of thioether (sulfide) groups is 1. The van der Waals surface area contributed by atoms with Crippen molar-refractivity contribution in [1.29, 1.82) is 0 Å². The van der Waals surface area contributed by atoms with Crippen molar-refractivity contribution >= 4 is 62.5 Å². The fraction of sp³-hybridized carbons (Fsp3) is 0.257. The fourth-order valence-electron chi connectivity index (χ4n) is 4.88. The summed E-state index contributed by atoms with van der Waals surface area (Å²) in [7, 11) is -4.20. The van der Waals surface area contributed by atoms with Gasteiger partial charge >= 0.3 is 0 Å². The molecule has 0 saturated heterocycles. The van der Waals surface area contributed by atoms with Gasteiger partial charge in [-0.05, 0) is 86.7 Å². The Kier molecular flexibility index (Phi) is 12.2. The highest BCUT2D eigenvalue weighted by molar-refractivity contribution is 7.98. The minimum atomic E-state index is -4.20. The Morgan fingerprint density at radius 3 is 2.13 bits per heavy atom. The highest BCUT2D eigenvalue weighted by atomic mass is 35.5. The Bertz CT molecular complexity index is 1750. The van der Waals surface area contributed by atoms with Crippen LogP contribution in [0.15, 0.2) is 107 Å². The van der Waals surface area contributed by atoms with E-state index < -0.39 is 28.5 Å². The van der Waals surface area contributed by atoms with Crippen LogP contribution in [0.1, 0.15) is 30.5 Å². The molecule has 0 bridgehead atoms. The van der Waals surface area contributed by atoms with Gasteiger partial charge in [0, 0.05) is 33.9 Å². The summed E-state index contributed by atoms with van der Waals surface area (Å²) >= 11 is 14.2. The molecule has 0 radical (unpaired) electrons. The summed E-state index contributed by atoms with van der Waals surface area (Å²) in [5, 5.41) is 3.69. The molecule has 4 rings (SSSR count). The van der Waals surface area contributed by atoms with Gasteiger partial charge in [0.15, 0.2) is 0 Å². The number of carbonyl (C=O) groups excluding carboxylic acids is 2. The molecule has 1 unspecified atom stereocenters. The molecule has 46 heavy (non-hydrogen) atoms. The van der Waals surface area contributed by atoms with Crippen LogP contribution in [0.4, 0.5) is 5.69 Å². The Hall–Kier alpha value is -3.50. The van der Waals surface area contributed by atoms with Gasteiger partial charge in [-0.3, -0.25) is 13.9 Å². The van der Waals surface area contributed by atoms with Gasteiger partial charge in [0.2, 0.25) is 11.8 Å². The van der Waals surface area contributed by atoms with E-state index >= 15 is 0 Å². The minimum absolute atomic E-state index is 0.0457. The number of halogens is 2. The number of nitrogens with one attached hydrogen (secondary N) is 1. The van der Waals surface area contributed by atoms with E-state index in [1.165, 1.54) is 28.8 Å². The zero-order chi connectivity index (χ0) is 33.4. The summed E-state index contributed by atoms with van der Waals surface area (Å²) < 4.78 is 29.5. The number of rotatable bonds is 13. The summed E-state index contributed by atoms with van der Waals surface area (Å²) in [6.07, 6.45) is 2.10. The minimum Gasteiger partial charge on any atom is -0.352 e. The summed E-state index contributed by atoms with van der Waals surface area (Å²) in [5.41, 5.74) is 2.66. The second-order valence-corrected chi connectivity index (χ2v) is 14.7. The second kappa shape index (κ2) is 15.9. The van der Waals surface area contributed by atoms with Crippen LogP contribution in [0.25, 0.3) is 0 Å². The van der Waals surface area contributed by atoms with Crippen LogP contribution in [0.3, 0.4) is 0 Å². The van der Waals surface area contributed by atoms with Gasteiger partial charge < -0.3 is 10.2 Å². The smallest absolute Gasteiger partial charge is 0.264 e. The first-order valence-electron chi connectivity index (χ1n) is 14.7. The lowest BCUT2D eigenvalue weighted by molar-refractivity contribution is -0.140. The lowest BCUT2D eigenvalue weighted by Gasteiger charge is -2.34. The largest absolute Gasteiger partial charge is 0.352 e. The number of amides is 2. The van der Waals surface area contributed by atoms with E-state index in [2.05, 4.69) is 5.32 Å². The van der Waals surface area contributed by atoms with E-state index in [1.54, 1.807) is 54.6 Å². The fourth-order valence-corrected chi connectivity index (χ4v) is 7.17. The highest BCUT2D eigenvalue weighted by Crippen LogP contribution is 2.28. The predicted molar refractivity (Wildman–Crippen MR) is 188 cm³/mol. The maximum Gasteiger partial charge on any atom is 0.264 e. The van der Waals surface area contributed by atoms with Crippen LogP contribution in [-0.2, 0) is 32.6 Å². The lowest BCUT2D eigenvalue weighted by Crippen LogP contribution is -2.54. The molecule has 1 atom stereocenters. The molecule has 0 aromatic heterocycles. The molecular formula is C35H37Cl2N3O4S2. The summed E-state index contributed by atoms with van der Waals surface area (Å²) in [6.45, 7) is 4.97. The van der Waals surface area contributed by atoms with E-state index in [0.29, 0.717) is 21.3 Å². The van der Waals surface area contributed by atoms with Crippen molar-refractivity contribution in [2.24, 2.45) is 0 Å². The molecule has 0 fully saturated rings. The normalized spacial score (nSPS) is 12.1. The maximum atomic E-state index is 14.5. The summed E-state index contributed by atoms with van der Waals surface area (Å²) in [5.74, 6) is -0.939. The van der Waals surface area contributed by atoms with Gasteiger partial charge in [0.05, 0.1) is 10.6 Å². The molecule has 0 aliphatic rings. The van der Waals surface area contributed by atoms with Crippen molar-refractivity contribution in [2.75, 3.05) is 17.1 Å². The van der Waals surface area contributed by atoms with Gasteiger partial charge in [-0.1, -0.05) is 77.3 Å². The third-order valence-corrected chi connectivity index (χ3v) is 10.4. The van der Waals surface area contributed by atoms with E-state index in [4.69, 9.17) is 23.2 Å². The number of benzene rings is 4. The van der Waals surface area contributed by atoms with Crippen LogP contribution in [0.5, 0.6) is 0 Å². The number of anilines is 1. The summed E-state index contributed by atoms with van der Waals surface area (Å²) in [4.78, 5) is 30.7. The van der Waals surface area contributed by atoms with Gasteiger partial charge in [-0.15, -0.1) is 11.8 Å². The molecule has 11 heteroatoms. The Morgan fingerprint density at radius 1 is 0.891 bits per heavy atom. The van der Waals surface area contributed by atoms with Gasteiger partial charge in [0.1, 0.15) is 12.6 Å². The van der Waals surface area contributed by atoms with Gasteiger partial charge in [-0.25, -0.2) is 8.42 Å². The first-order valence-corrected chi connectivity index (χ1v) is 18.1. The number of carbonyl (C=O) groups is 2. The zero-order valence-electron chi connectivity index (χ0n) is 26.1. The SMILES string of the molecule is CSc1ccc(S(=O)(=O)N(CC(=O)N(Cc2ccc(Cl)cc2Cl)C(Cc2ccccc2)C(=O)NC(C)C)c2ccc(C)cc2)cc1. The van der Waals surface area contributed by atoms with E-state index in [9.17, 15) is 18.0 Å². The topological polar surface area (TPSA) is 86.8 Å². The molecule has 0 spiro atoms. The van der Waals surface area contributed by atoms with Crippen molar-refractivity contribution < 1.29 is 18.0 Å². The lowest BCUT2D eigenvalue weighted by atomic mass is 10.0. The molecule has 0 aliphatic carbocycles. The molecule has 1 N–H and O–H groups in total. The Balaban J connectivity index is 1.82. The number of sulfonamides is 1. The number of nitrogens with zero attached hydrogens (tertiary/aromatic N) is 2. The van der Waals surface area contributed by atoms with Crippen LogP contribution in [0.2, 0.25) is 10.0 Å². The van der Waals surface area contributed by atoms with Crippen molar-refractivity contribution in [3.8, 4) is 0 Å². The number of hydrogen-bond donors (Lipinski definition) is 1. The monoisotopic (exact) mass is 697 g/mol. The van der Waals surface area contributed by atoms with E-state index in [0.717, 1.165) is 20.3 Å². The number of aryl methyl sites for hydroxylation is 1. The van der Waals surface area contributed by atoms with Crippen LogP contribution >= 0.6 is 35.0 Å². The molecule has 4 aromatic rings. The molecule has 0 heterocycles. The van der Waals surface area contributed by atoms with Crippen molar-refractivity contribution in [2.45, 2.75) is 55.6 Å². The number of hydrogen-bond acceptors (Lipinski definition) is 5. The van der Waals surface area contributed by atoms with Crippen LogP contribution in [0, 0.1) is 6.92 Å². The molecule has 0 aliphatic heterocycles. The van der Waals surface area contributed by atoms with Gasteiger partial charge in [-0.2, -0.15) is 0 Å². The molecular weight excluding hydrogens is 661 g/mol. The molecule has 2 amide bonds. The first kappa shape index (κ1) is 35.4.